The van der Waals surface area contributed by atoms with Gasteiger partial charge in [-0.05, 0) is 48.7 Å². The van der Waals surface area contributed by atoms with Gasteiger partial charge in [0.2, 0.25) is 6.41 Å². The Kier molecular flexibility index (Phi) is 6.80. The van der Waals surface area contributed by atoms with Crippen molar-refractivity contribution in [2.75, 3.05) is 19.0 Å². The lowest BCUT2D eigenvalue weighted by Crippen LogP contribution is -2.32. The lowest BCUT2D eigenvalue weighted by atomic mass is 10.1. The number of anilines is 1. The maximum atomic E-state index is 10.5. The number of phenols is 1. The van der Waals surface area contributed by atoms with Crippen molar-refractivity contribution in [2.24, 2.45) is 0 Å². The number of benzene rings is 2. The highest BCUT2D eigenvalue weighted by Gasteiger charge is 2.12. The van der Waals surface area contributed by atoms with Gasteiger partial charge in [-0.3, -0.25) is 4.79 Å². The van der Waals surface area contributed by atoms with Gasteiger partial charge >= 0.3 is 0 Å². The van der Waals surface area contributed by atoms with E-state index in [1.54, 1.807) is 19.2 Å². The SMILES string of the molecule is COc1cccc(C[C@@H](C)NC[C@H](O)c2ccc(O)c(NC=O)c2)c1. The molecule has 0 fully saturated rings. The van der Waals surface area contributed by atoms with Crippen LogP contribution in [-0.4, -0.2) is 36.3 Å². The number of methoxy groups -OCH3 is 1. The van der Waals surface area contributed by atoms with E-state index in [-0.39, 0.29) is 17.5 Å². The number of aliphatic hydroxyl groups is 1. The van der Waals surface area contributed by atoms with Crippen LogP contribution in [0.3, 0.4) is 0 Å². The maximum Gasteiger partial charge on any atom is 0.211 e. The molecule has 0 saturated heterocycles. The van der Waals surface area contributed by atoms with Crippen LogP contribution in [0.4, 0.5) is 5.69 Å². The monoisotopic (exact) mass is 344 g/mol. The molecule has 2 aromatic rings. The van der Waals surface area contributed by atoms with Gasteiger partial charge in [0.1, 0.15) is 11.5 Å². The molecular formula is C19H24N2O4. The molecule has 4 N–H and O–H groups in total. The first-order chi connectivity index (χ1) is 12.0. The number of phenolic OH excluding ortho intramolecular Hbond substituents is 1. The van der Waals surface area contributed by atoms with Gasteiger partial charge in [-0.1, -0.05) is 18.2 Å². The zero-order valence-electron chi connectivity index (χ0n) is 14.4. The highest BCUT2D eigenvalue weighted by atomic mass is 16.5. The van der Waals surface area contributed by atoms with E-state index in [9.17, 15) is 15.0 Å². The highest BCUT2D eigenvalue weighted by Crippen LogP contribution is 2.26. The van der Waals surface area contributed by atoms with Gasteiger partial charge in [0.05, 0.1) is 18.9 Å². The molecule has 0 aliphatic heterocycles. The van der Waals surface area contributed by atoms with E-state index in [4.69, 9.17) is 4.74 Å². The van der Waals surface area contributed by atoms with E-state index in [1.165, 1.54) is 6.07 Å². The summed E-state index contributed by atoms with van der Waals surface area (Å²) >= 11 is 0. The number of rotatable bonds is 9. The third-order valence-corrected chi connectivity index (χ3v) is 3.96. The molecule has 0 heterocycles. The average Bonchev–Trinajstić information content (AvgIpc) is 2.62. The van der Waals surface area contributed by atoms with E-state index < -0.39 is 6.10 Å². The summed E-state index contributed by atoms with van der Waals surface area (Å²) in [6.07, 6.45) is 0.539. The molecule has 0 aliphatic carbocycles. The number of hydrogen-bond acceptors (Lipinski definition) is 5. The third kappa shape index (κ3) is 5.48. The van der Waals surface area contributed by atoms with Crippen molar-refractivity contribution in [2.45, 2.75) is 25.5 Å². The molecule has 25 heavy (non-hydrogen) atoms. The van der Waals surface area contributed by atoms with E-state index in [0.29, 0.717) is 18.5 Å². The Morgan fingerprint density at radius 3 is 2.76 bits per heavy atom. The molecule has 0 aliphatic rings. The van der Waals surface area contributed by atoms with Crippen molar-refractivity contribution in [3.8, 4) is 11.5 Å². The van der Waals surface area contributed by atoms with Crippen LogP contribution >= 0.6 is 0 Å². The molecule has 0 bridgehead atoms. The van der Waals surface area contributed by atoms with Gasteiger partial charge in [-0.15, -0.1) is 0 Å². The van der Waals surface area contributed by atoms with Crippen LogP contribution in [0.5, 0.6) is 11.5 Å². The van der Waals surface area contributed by atoms with Crippen LogP contribution in [0.15, 0.2) is 42.5 Å². The van der Waals surface area contributed by atoms with Crippen molar-refractivity contribution in [3.05, 3.63) is 53.6 Å². The molecule has 0 spiro atoms. The molecular weight excluding hydrogens is 320 g/mol. The van der Waals surface area contributed by atoms with E-state index in [2.05, 4.69) is 10.6 Å². The van der Waals surface area contributed by atoms with Crippen LogP contribution < -0.4 is 15.4 Å². The fraction of sp³-hybridized carbons (Fsp3) is 0.316. The third-order valence-electron chi connectivity index (χ3n) is 3.96. The Morgan fingerprint density at radius 1 is 1.24 bits per heavy atom. The number of hydrogen-bond donors (Lipinski definition) is 4. The fourth-order valence-electron chi connectivity index (χ4n) is 2.60. The van der Waals surface area contributed by atoms with Gasteiger partial charge < -0.3 is 25.6 Å². The highest BCUT2D eigenvalue weighted by molar-refractivity contribution is 5.75. The van der Waals surface area contributed by atoms with Crippen LogP contribution in [-0.2, 0) is 11.2 Å². The lowest BCUT2D eigenvalue weighted by Gasteiger charge is -2.18. The number of aromatic hydroxyl groups is 1. The molecule has 2 atom stereocenters. The minimum absolute atomic E-state index is 0.0394. The molecule has 2 aromatic carbocycles. The first-order valence-electron chi connectivity index (χ1n) is 8.11. The predicted octanol–water partition coefficient (Wildman–Crippen LogP) is 2.22. The predicted molar refractivity (Wildman–Crippen MR) is 96.9 cm³/mol. The number of ether oxygens (including phenoxy) is 1. The van der Waals surface area contributed by atoms with Crippen LogP contribution in [0.1, 0.15) is 24.2 Å². The number of carbonyl (C=O) groups is 1. The summed E-state index contributed by atoms with van der Waals surface area (Å²) in [5.74, 6) is 0.784. The van der Waals surface area contributed by atoms with Gasteiger partial charge in [0.15, 0.2) is 0 Å². The smallest absolute Gasteiger partial charge is 0.211 e. The molecule has 0 aromatic heterocycles. The summed E-state index contributed by atoms with van der Waals surface area (Å²) in [5.41, 5.74) is 2.04. The van der Waals surface area contributed by atoms with E-state index >= 15 is 0 Å². The summed E-state index contributed by atoms with van der Waals surface area (Å²) in [7, 11) is 1.64. The van der Waals surface area contributed by atoms with Gasteiger partial charge in [-0.25, -0.2) is 0 Å². The van der Waals surface area contributed by atoms with Crippen molar-refractivity contribution in [1.29, 1.82) is 0 Å². The van der Waals surface area contributed by atoms with Crippen LogP contribution in [0, 0.1) is 0 Å². The summed E-state index contributed by atoms with van der Waals surface area (Å²) in [6.45, 7) is 2.40. The standard InChI is InChI=1S/C19H24N2O4/c1-13(8-14-4-3-5-16(9-14)25-2)20-11-19(24)15-6-7-18(23)17(10-15)21-12-22/h3-7,9-10,12-13,19-20,23-24H,8,11H2,1-2H3,(H,21,22)/t13-,19+/m1/s1. The molecule has 0 unspecified atom stereocenters. The molecule has 6 heteroatoms. The van der Waals surface area contributed by atoms with E-state index in [0.717, 1.165) is 17.7 Å². The normalized spacial score (nSPS) is 13.1. The van der Waals surface area contributed by atoms with Crippen LogP contribution in [0.2, 0.25) is 0 Å². The fourth-order valence-corrected chi connectivity index (χ4v) is 2.60. The van der Waals surface area contributed by atoms with E-state index in [1.807, 2.05) is 31.2 Å². The Hall–Kier alpha value is -2.57. The number of amides is 1. The Bertz CT molecular complexity index is 706. The topological polar surface area (TPSA) is 90.8 Å². The summed E-state index contributed by atoms with van der Waals surface area (Å²) in [4.78, 5) is 10.5. The number of aliphatic hydroxyl groups excluding tert-OH is 1. The van der Waals surface area contributed by atoms with Crippen molar-refractivity contribution in [3.63, 3.8) is 0 Å². The first-order valence-corrected chi connectivity index (χ1v) is 8.11. The quantitative estimate of drug-likeness (QED) is 0.414. The second kappa shape index (κ2) is 9.05. The van der Waals surface area contributed by atoms with Gasteiger partial charge in [0.25, 0.3) is 0 Å². The Morgan fingerprint density at radius 2 is 2.04 bits per heavy atom. The van der Waals surface area contributed by atoms with Gasteiger partial charge in [-0.2, -0.15) is 0 Å². The van der Waals surface area contributed by atoms with Crippen molar-refractivity contribution >= 4 is 12.1 Å². The lowest BCUT2D eigenvalue weighted by molar-refractivity contribution is -0.105. The van der Waals surface area contributed by atoms with Crippen molar-refractivity contribution in [1.82, 2.24) is 5.32 Å². The van der Waals surface area contributed by atoms with Crippen LogP contribution in [0.25, 0.3) is 0 Å². The molecule has 134 valence electrons. The molecule has 6 nitrogen and oxygen atoms in total. The average molecular weight is 344 g/mol. The molecule has 0 radical (unpaired) electrons. The minimum atomic E-state index is -0.749. The zero-order valence-corrected chi connectivity index (χ0v) is 14.4. The number of nitrogens with one attached hydrogen (secondary N) is 2. The van der Waals surface area contributed by atoms with Crippen molar-refractivity contribution < 1.29 is 19.7 Å². The Labute approximate surface area is 147 Å². The summed E-state index contributed by atoms with van der Waals surface area (Å²) < 4.78 is 5.22. The summed E-state index contributed by atoms with van der Waals surface area (Å²) in [5, 5.41) is 25.7. The zero-order chi connectivity index (χ0) is 18.2. The summed E-state index contributed by atoms with van der Waals surface area (Å²) in [6, 6.07) is 12.7. The number of carbonyl (C=O) groups excluding carboxylic acids is 1. The molecule has 0 saturated carbocycles. The molecule has 2 rings (SSSR count). The Balaban J connectivity index is 1.91. The largest absolute Gasteiger partial charge is 0.506 e. The first kappa shape index (κ1) is 18.8. The van der Waals surface area contributed by atoms with Gasteiger partial charge in [0, 0.05) is 12.6 Å². The molecule has 1 amide bonds. The maximum absolute atomic E-state index is 10.5. The minimum Gasteiger partial charge on any atom is -0.506 e. The second-order valence-electron chi connectivity index (χ2n) is 5.92. The second-order valence-corrected chi connectivity index (χ2v) is 5.92.